The van der Waals surface area contributed by atoms with Gasteiger partial charge in [0.25, 0.3) is 0 Å². The van der Waals surface area contributed by atoms with E-state index in [-0.39, 0.29) is 24.1 Å². The minimum Gasteiger partial charge on any atom is -0.493 e. The Morgan fingerprint density at radius 2 is 1.59 bits per heavy atom. The summed E-state index contributed by atoms with van der Waals surface area (Å²) in [5, 5.41) is 3.45. The lowest BCUT2D eigenvalue weighted by molar-refractivity contribution is -0.139. The first-order valence-corrected chi connectivity index (χ1v) is 14.1. The molecule has 2 aromatic carbocycles. The summed E-state index contributed by atoms with van der Waals surface area (Å²) in [7, 11) is -1.03. The number of ether oxygens (including phenoxy) is 2. The van der Waals surface area contributed by atoms with Gasteiger partial charge in [0.1, 0.15) is 12.6 Å². The first-order valence-electron chi connectivity index (χ1n) is 11.5. The summed E-state index contributed by atoms with van der Waals surface area (Å²) < 4.78 is 37.0. The van der Waals surface area contributed by atoms with E-state index in [2.05, 4.69) is 5.32 Å². The lowest BCUT2D eigenvalue weighted by Gasteiger charge is -2.32. The highest BCUT2D eigenvalue weighted by molar-refractivity contribution is 7.92. The molecule has 0 fully saturated rings. The van der Waals surface area contributed by atoms with E-state index >= 15 is 0 Å². The van der Waals surface area contributed by atoms with Crippen LogP contribution in [0.15, 0.2) is 36.4 Å². The second-order valence-electron chi connectivity index (χ2n) is 8.85. The number of nitrogens with zero attached hydrogens (tertiary/aromatic N) is 2. The molecule has 0 saturated heterocycles. The van der Waals surface area contributed by atoms with E-state index < -0.39 is 28.5 Å². The largest absolute Gasteiger partial charge is 0.493 e. The average Bonchev–Trinajstić information content (AvgIpc) is 2.84. The lowest BCUT2D eigenvalue weighted by Crippen LogP contribution is -2.51. The summed E-state index contributed by atoms with van der Waals surface area (Å²) in [6.45, 7) is 5.21. The van der Waals surface area contributed by atoms with Gasteiger partial charge in [-0.1, -0.05) is 43.1 Å². The number of amides is 2. The summed E-state index contributed by atoms with van der Waals surface area (Å²) in [6.07, 6.45) is 0.991. The van der Waals surface area contributed by atoms with Crippen molar-refractivity contribution in [3.63, 3.8) is 0 Å². The van der Waals surface area contributed by atoms with E-state index in [0.717, 1.165) is 10.6 Å². The molecular formula is C25H33Cl2N3O6S. The quantitative estimate of drug-likeness (QED) is 0.412. The van der Waals surface area contributed by atoms with Crippen LogP contribution in [-0.4, -0.2) is 64.7 Å². The van der Waals surface area contributed by atoms with Gasteiger partial charge in [-0.25, -0.2) is 8.42 Å². The van der Waals surface area contributed by atoms with Crippen molar-refractivity contribution in [1.29, 1.82) is 0 Å². The van der Waals surface area contributed by atoms with E-state index in [9.17, 15) is 18.0 Å². The minimum absolute atomic E-state index is 0.100. The summed E-state index contributed by atoms with van der Waals surface area (Å²) >= 11 is 12.7. The second-order valence-corrected chi connectivity index (χ2v) is 11.6. The van der Waals surface area contributed by atoms with Gasteiger partial charge in [-0.15, -0.1) is 0 Å². The number of sulfonamides is 1. The number of carbonyl (C=O) groups excluding carboxylic acids is 2. The molecule has 0 aromatic heterocycles. The molecule has 0 bridgehead atoms. The number of methoxy groups -OCH3 is 2. The molecule has 0 saturated carbocycles. The molecule has 0 heterocycles. The number of nitrogens with one attached hydrogen (secondary N) is 1. The molecule has 2 aromatic rings. The molecule has 0 aliphatic rings. The highest BCUT2D eigenvalue weighted by atomic mass is 35.5. The van der Waals surface area contributed by atoms with E-state index in [1.165, 1.54) is 31.3 Å². The smallest absolute Gasteiger partial charge is 0.244 e. The molecule has 204 valence electrons. The molecular weight excluding hydrogens is 541 g/mol. The Hall–Kier alpha value is -2.69. The van der Waals surface area contributed by atoms with Crippen molar-refractivity contribution in [2.45, 2.75) is 33.4 Å². The van der Waals surface area contributed by atoms with Crippen molar-refractivity contribution in [3.05, 3.63) is 52.0 Å². The summed E-state index contributed by atoms with van der Waals surface area (Å²) in [5.74, 6) is -0.117. The number of halogens is 2. The molecule has 12 heteroatoms. The second kappa shape index (κ2) is 13.2. The number of hydrogen-bond acceptors (Lipinski definition) is 6. The van der Waals surface area contributed by atoms with Crippen LogP contribution in [0.25, 0.3) is 0 Å². The monoisotopic (exact) mass is 573 g/mol. The molecule has 1 N–H and O–H groups in total. The molecule has 0 spiro atoms. The number of hydrogen-bond donors (Lipinski definition) is 1. The van der Waals surface area contributed by atoms with Crippen molar-refractivity contribution >= 4 is 50.7 Å². The molecule has 0 unspecified atom stereocenters. The Labute approximate surface area is 228 Å². The Bertz CT molecular complexity index is 1200. The van der Waals surface area contributed by atoms with Gasteiger partial charge in [0.2, 0.25) is 21.8 Å². The summed E-state index contributed by atoms with van der Waals surface area (Å²) in [4.78, 5) is 27.9. The van der Waals surface area contributed by atoms with Crippen LogP contribution in [0.1, 0.15) is 26.3 Å². The zero-order valence-electron chi connectivity index (χ0n) is 21.7. The molecule has 2 rings (SSSR count). The fourth-order valence-electron chi connectivity index (χ4n) is 3.48. The van der Waals surface area contributed by atoms with Crippen LogP contribution in [0.2, 0.25) is 10.0 Å². The fourth-order valence-corrected chi connectivity index (χ4v) is 4.84. The van der Waals surface area contributed by atoms with Crippen molar-refractivity contribution in [1.82, 2.24) is 10.2 Å². The third-order valence-electron chi connectivity index (χ3n) is 5.58. The number of rotatable bonds is 12. The predicted octanol–water partition coefficient (Wildman–Crippen LogP) is 3.97. The van der Waals surface area contributed by atoms with Gasteiger partial charge < -0.3 is 19.7 Å². The van der Waals surface area contributed by atoms with Crippen LogP contribution in [0.5, 0.6) is 11.5 Å². The first-order chi connectivity index (χ1) is 17.3. The van der Waals surface area contributed by atoms with Crippen molar-refractivity contribution in [2.24, 2.45) is 5.92 Å². The third kappa shape index (κ3) is 8.15. The predicted molar refractivity (Wildman–Crippen MR) is 146 cm³/mol. The molecule has 0 aliphatic carbocycles. The van der Waals surface area contributed by atoms with Gasteiger partial charge in [-0.2, -0.15) is 0 Å². The van der Waals surface area contributed by atoms with Crippen molar-refractivity contribution in [2.75, 3.05) is 37.9 Å². The molecule has 37 heavy (non-hydrogen) atoms. The van der Waals surface area contributed by atoms with Gasteiger partial charge in [-0.3, -0.25) is 13.9 Å². The molecule has 0 radical (unpaired) electrons. The van der Waals surface area contributed by atoms with Crippen LogP contribution in [0.3, 0.4) is 0 Å². The van der Waals surface area contributed by atoms with Crippen molar-refractivity contribution < 1.29 is 27.5 Å². The van der Waals surface area contributed by atoms with E-state index in [1.54, 1.807) is 31.2 Å². The number of anilines is 1. The van der Waals surface area contributed by atoms with Gasteiger partial charge in [0.05, 0.1) is 26.2 Å². The van der Waals surface area contributed by atoms with Gasteiger partial charge in [-0.05, 0) is 37.1 Å². The number of benzene rings is 2. The maximum absolute atomic E-state index is 13.7. The van der Waals surface area contributed by atoms with Crippen LogP contribution >= 0.6 is 23.2 Å². The van der Waals surface area contributed by atoms with E-state index in [4.69, 9.17) is 32.7 Å². The standard InChI is InChI=1S/C25H33Cl2N3O6S/c1-16(2)13-28-25(32)17(3)29(14-19-20(26)8-7-9-21(19)27)24(31)15-30(37(6,33)34)18-10-11-22(35-4)23(12-18)36-5/h7-12,16-17H,13-15H2,1-6H3,(H,28,32)/t17-/m1/s1. The Kier molecular flexibility index (Phi) is 10.9. The minimum atomic E-state index is -3.91. The average molecular weight is 575 g/mol. The first kappa shape index (κ1) is 30.5. The maximum Gasteiger partial charge on any atom is 0.244 e. The Morgan fingerprint density at radius 1 is 1.00 bits per heavy atom. The lowest BCUT2D eigenvalue weighted by atomic mass is 10.1. The summed E-state index contributed by atoms with van der Waals surface area (Å²) in [5.41, 5.74) is 0.640. The molecule has 2 amide bonds. The molecule has 9 nitrogen and oxygen atoms in total. The highest BCUT2D eigenvalue weighted by Crippen LogP contribution is 2.33. The SMILES string of the molecule is COc1ccc(N(CC(=O)N(Cc2c(Cl)cccc2Cl)[C@H](C)C(=O)NCC(C)C)S(C)(=O)=O)cc1OC. The van der Waals surface area contributed by atoms with Crippen LogP contribution in [0, 0.1) is 5.92 Å². The Morgan fingerprint density at radius 3 is 2.11 bits per heavy atom. The summed E-state index contributed by atoms with van der Waals surface area (Å²) in [6, 6.07) is 8.49. The van der Waals surface area contributed by atoms with Crippen LogP contribution < -0.4 is 19.1 Å². The third-order valence-corrected chi connectivity index (χ3v) is 7.43. The van der Waals surface area contributed by atoms with Crippen LogP contribution in [0.4, 0.5) is 5.69 Å². The van der Waals surface area contributed by atoms with Crippen LogP contribution in [-0.2, 0) is 26.2 Å². The molecule has 0 aliphatic heterocycles. The van der Waals surface area contributed by atoms with Gasteiger partial charge >= 0.3 is 0 Å². The molecule has 1 atom stereocenters. The van der Waals surface area contributed by atoms with Gasteiger partial charge in [0, 0.05) is 34.8 Å². The normalized spacial score (nSPS) is 12.1. The zero-order chi connectivity index (χ0) is 27.9. The fraction of sp³-hybridized carbons (Fsp3) is 0.440. The van der Waals surface area contributed by atoms with Gasteiger partial charge in [0.15, 0.2) is 11.5 Å². The van der Waals surface area contributed by atoms with E-state index in [1.807, 2.05) is 13.8 Å². The Balaban J connectivity index is 2.48. The highest BCUT2D eigenvalue weighted by Gasteiger charge is 2.31. The topological polar surface area (TPSA) is 105 Å². The van der Waals surface area contributed by atoms with Crippen molar-refractivity contribution in [3.8, 4) is 11.5 Å². The zero-order valence-corrected chi connectivity index (χ0v) is 24.1. The van der Waals surface area contributed by atoms with E-state index in [0.29, 0.717) is 33.7 Å². The maximum atomic E-state index is 13.7. The number of carbonyl (C=O) groups is 2.